The summed E-state index contributed by atoms with van der Waals surface area (Å²) in [5.74, 6) is 0.0182. The van der Waals surface area contributed by atoms with Gasteiger partial charge in [0.25, 0.3) is 5.56 Å². The Balaban J connectivity index is 1.23. The Morgan fingerprint density at radius 2 is 1.68 bits per heavy atom. The van der Waals surface area contributed by atoms with Crippen molar-refractivity contribution in [1.29, 1.82) is 0 Å². The van der Waals surface area contributed by atoms with E-state index >= 15 is 4.39 Å². The largest absolute Gasteiger partial charge is 0.496 e. The number of likely N-dealkylation sites (tertiary alicyclic amines) is 1. The van der Waals surface area contributed by atoms with Gasteiger partial charge >= 0.3 is 6.03 Å². The topological polar surface area (TPSA) is 113 Å². The van der Waals surface area contributed by atoms with Crippen LogP contribution in [0.1, 0.15) is 42.4 Å². The van der Waals surface area contributed by atoms with E-state index in [1.807, 2.05) is 44.3 Å². The summed E-state index contributed by atoms with van der Waals surface area (Å²) in [5.41, 5.74) is 5.62. The molecule has 6 rings (SSSR count). The van der Waals surface area contributed by atoms with Crippen molar-refractivity contribution in [2.75, 3.05) is 34.4 Å². The first-order valence-corrected chi connectivity index (χ1v) is 16.0. The molecule has 1 aliphatic carbocycles. The van der Waals surface area contributed by atoms with Gasteiger partial charge in [-0.05, 0) is 68.5 Å². The minimum absolute atomic E-state index is 0.0420. The van der Waals surface area contributed by atoms with Crippen LogP contribution in [-0.4, -0.2) is 89.7 Å². The van der Waals surface area contributed by atoms with Gasteiger partial charge in [0, 0.05) is 62.5 Å². The summed E-state index contributed by atoms with van der Waals surface area (Å²) in [5, 5.41) is 2.36. The van der Waals surface area contributed by atoms with Gasteiger partial charge in [-0.3, -0.25) is 29.5 Å². The number of hydrogen-bond donors (Lipinski definition) is 1. The van der Waals surface area contributed by atoms with Crippen molar-refractivity contribution in [3.05, 3.63) is 68.8 Å². The normalized spacial score (nSPS) is 25.0. The van der Waals surface area contributed by atoms with Gasteiger partial charge in [-0.1, -0.05) is 12.2 Å². The smallest absolute Gasteiger partial charge is 0.325 e. The molecule has 250 valence electrons. The zero-order chi connectivity index (χ0) is 33.7. The molecule has 4 unspecified atom stereocenters. The number of hydrogen-bond acceptors (Lipinski definition) is 7. The van der Waals surface area contributed by atoms with E-state index in [4.69, 9.17) is 9.47 Å². The predicted octanol–water partition coefficient (Wildman–Crippen LogP) is 3.60. The number of halogens is 1. The maximum Gasteiger partial charge on any atom is 0.325 e. The maximum absolute atomic E-state index is 16.2. The molecule has 1 N–H and O–H groups in total. The summed E-state index contributed by atoms with van der Waals surface area (Å²) in [6.45, 7) is 4.95. The van der Waals surface area contributed by atoms with E-state index in [2.05, 4.69) is 10.2 Å². The van der Waals surface area contributed by atoms with E-state index in [0.29, 0.717) is 43.0 Å². The highest BCUT2D eigenvalue weighted by Crippen LogP contribution is 2.43. The number of carbonyl (C=O) groups is 3. The zero-order valence-electron chi connectivity index (χ0n) is 27.8. The number of rotatable bonds is 7. The molecule has 0 saturated carbocycles. The van der Waals surface area contributed by atoms with Crippen molar-refractivity contribution in [2.45, 2.75) is 64.3 Å². The lowest BCUT2D eigenvalue weighted by molar-refractivity contribution is -0.137. The highest BCUT2D eigenvalue weighted by atomic mass is 19.1. The van der Waals surface area contributed by atoms with Crippen molar-refractivity contribution < 1.29 is 28.2 Å². The quantitative estimate of drug-likeness (QED) is 0.457. The van der Waals surface area contributed by atoms with Crippen LogP contribution >= 0.6 is 0 Å². The molecule has 3 saturated heterocycles. The first-order valence-electron chi connectivity index (χ1n) is 16.0. The van der Waals surface area contributed by atoms with Crippen LogP contribution in [0.4, 0.5) is 9.18 Å². The number of methoxy groups -OCH3 is 2. The first-order chi connectivity index (χ1) is 22.4. The number of nitrogens with zero attached hydrogens (tertiary/aromatic N) is 4. The molecular formula is C35H42FN5O6. The summed E-state index contributed by atoms with van der Waals surface area (Å²) in [6, 6.07) is 2.45. The number of amides is 4. The van der Waals surface area contributed by atoms with Crippen LogP contribution in [-0.2, 0) is 23.2 Å². The second-order valence-electron chi connectivity index (χ2n) is 12.9. The number of ether oxygens (including phenoxy) is 2. The molecule has 2 aromatic rings. The number of piperidine rings is 2. The van der Waals surface area contributed by atoms with E-state index in [1.54, 1.807) is 42.7 Å². The van der Waals surface area contributed by atoms with Crippen LogP contribution in [0.2, 0.25) is 0 Å². The first kappa shape index (κ1) is 32.5. The maximum atomic E-state index is 16.2. The molecular weight excluding hydrogens is 605 g/mol. The Labute approximate surface area is 273 Å². The van der Waals surface area contributed by atoms with Crippen LogP contribution in [0, 0.1) is 19.8 Å². The van der Waals surface area contributed by atoms with E-state index in [0.717, 1.165) is 33.5 Å². The Hall–Kier alpha value is -4.45. The molecule has 0 spiro atoms. The molecule has 47 heavy (non-hydrogen) atoms. The van der Waals surface area contributed by atoms with Crippen LogP contribution in [0.5, 0.6) is 11.5 Å². The highest BCUT2D eigenvalue weighted by molar-refractivity contribution is 6.02. The summed E-state index contributed by atoms with van der Waals surface area (Å²) < 4.78 is 29.4. The highest BCUT2D eigenvalue weighted by Gasteiger charge is 2.49. The summed E-state index contributed by atoms with van der Waals surface area (Å²) in [6.07, 6.45) is 6.02. The van der Waals surface area contributed by atoms with Crippen LogP contribution in [0.15, 0.2) is 46.5 Å². The van der Waals surface area contributed by atoms with Gasteiger partial charge in [-0.2, -0.15) is 0 Å². The van der Waals surface area contributed by atoms with Crippen LogP contribution in [0.25, 0.3) is 11.1 Å². The van der Waals surface area contributed by atoms with Crippen LogP contribution in [0.3, 0.4) is 0 Å². The summed E-state index contributed by atoms with van der Waals surface area (Å²) >= 11 is 0. The van der Waals surface area contributed by atoms with Gasteiger partial charge in [0.1, 0.15) is 23.7 Å². The van der Waals surface area contributed by atoms with Gasteiger partial charge in [0.05, 0.1) is 25.8 Å². The third-order valence-electron chi connectivity index (χ3n) is 10.3. The number of pyridine rings is 1. The standard InChI is InChI=1S/C35H42FN5O6/c1-19-20(2)34(44)38(3)16-24(19)21-14-29(46-5)25(30(15-21)47-6)17-40-13-12-22(26(36)18-40)23-8-7-9-27-32(23)39(4)35(45)41(27)28-10-11-31(42)37-33(28)43/h7-8,14-16,22,26-28H,9-13,17-18H2,1-6H3,(H,37,42,43). The number of aromatic nitrogens is 1. The third-order valence-corrected chi connectivity index (χ3v) is 10.3. The van der Waals surface area contributed by atoms with Crippen molar-refractivity contribution in [2.24, 2.45) is 13.0 Å². The molecule has 3 fully saturated rings. The van der Waals surface area contributed by atoms with Crippen molar-refractivity contribution in [3.63, 3.8) is 0 Å². The fraction of sp³-hybridized carbons (Fsp3) is 0.486. The van der Waals surface area contributed by atoms with Crippen LogP contribution < -0.4 is 20.3 Å². The Morgan fingerprint density at radius 1 is 0.979 bits per heavy atom. The lowest BCUT2D eigenvalue weighted by Gasteiger charge is -2.38. The summed E-state index contributed by atoms with van der Waals surface area (Å²) in [4.78, 5) is 55.5. The molecule has 4 aliphatic rings. The molecule has 11 nitrogen and oxygen atoms in total. The number of fused-ring (bicyclic) bond motifs is 1. The van der Waals surface area contributed by atoms with Crippen molar-refractivity contribution in [3.8, 4) is 22.6 Å². The number of imide groups is 1. The van der Waals surface area contributed by atoms with E-state index in [1.165, 1.54) is 0 Å². The number of nitrogens with one attached hydrogen (secondary N) is 1. The predicted molar refractivity (Wildman–Crippen MR) is 174 cm³/mol. The molecule has 3 aliphatic heterocycles. The molecule has 4 atom stereocenters. The van der Waals surface area contributed by atoms with E-state index < -0.39 is 24.0 Å². The molecule has 1 aromatic heterocycles. The molecule has 0 bridgehead atoms. The van der Waals surface area contributed by atoms with E-state index in [-0.39, 0.29) is 42.9 Å². The van der Waals surface area contributed by atoms with Gasteiger partial charge in [-0.25, -0.2) is 9.18 Å². The van der Waals surface area contributed by atoms with Gasteiger partial charge in [-0.15, -0.1) is 0 Å². The van der Waals surface area contributed by atoms with Crippen molar-refractivity contribution in [1.82, 2.24) is 24.6 Å². The number of aryl methyl sites for hydroxylation is 1. The monoisotopic (exact) mass is 647 g/mol. The molecule has 12 heteroatoms. The number of allylic oxidation sites excluding steroid dienone is 2. The lowest BCUT2D eigenvalue weighted by atomic mass is 9.82. The van der Waals surface area contributed by atoms with Crippen molar-refractivity contribution >= 4 is 17.8 Å². The zero-order valence-corrected chi connectivity index (χ0v) is 27.8. The lowest BCUT2D eigenvalue weighted by Crippen LogP contribution is -2.55. The average molecular weight is 648 g/mol. The summed E-state index contributed by atoms with van der Waals surface area (Å²) in [7, 11) is 6.61. The Morgan fingerprint density at radius 3 is 2.32 bits per heavy atom. The minimum atomic E-state index is -1.20. The van der Waals surface area contributed by atoms with E-state index in [9.17, 15) is 19.2 Å². The number of alkyl halides is 1. The van der Waals surface area contributed by atoms with Gasteiger partial charge in [0.2, 0.25) is 11.8 Å². The molecule has 4 amide bonds. The fourth-order valence-electron chi connectivity index (χ4n) is 7.64. The van der Waals surface area contributed by atoms with Gasteiger partial charge < -0.3 is 18.9 Å². The SMILES string of the molecule is COc1cc(-c2cn(C)c(=O)c(C)c2C)cc(OC)c1CN1CCC(C2=C3C(CC=C2)N(C2CCC(=O)NC2=O)C(=O)N3C)C(F)C1. The Kier molecular flexibility index (Phi) is 8.73. The minimum Gasteiger partial charge on any atom is -0.496 e. The number of likely N-dealkylation sites (N-methyl/N-ethyl adjacent to an activating group) is 1. The van der Waals surface area contributed by atoms with Gasteiger partial charge in [0.15, 0.2) is 0 Å². The second-order valence-corrected chi connectivity index (χ2v) is 12.9. The number of carbonyl (C=O) groups excluding carboxylic acids is 3. The molecule has 4 heterocycles. The Bertz CT molecular complexity index is 1740. The number of benzene rings is 1. The number of urea groups is 1. The third kappa shape index (κ3) is 5.62. The average Bonchev–Trinajstić information content (AvgIpc) is 3.31. The molecule has 0 radical (unpaired) electrons. The fourth-order valence-corrected chi connectivity index (χ4v) is 7.64. The second kappa shape index (κ2) is 12.6. The molecule has 1 aromatic carbocycles.